The molecule has 1 saturated heterocycles. The van der Waals surface area contributed by atoms with Gasteiger partial charge in [-0.15, -0.1) is 0 Å². The predicted octanol–water partition coefficient (Wildman–Crippen LogP) is 1.56. The smallest absolute Gasteiger partial charge is 0.274 e. The molecule has 1 N–H and O–H groups in total. The van der Waals surface area contributed by atoms with Gasteiger partial charge in [-0.25, -0.2) is 9.97 Å². The summed E-state index contributed by atoms with van der Waals surface area (Å²) in [5.41, 5.74) is 2.32. The Kier molecular flexibility index (Phi) is 4.45. The van der Waals surface area contributed by atoms with Gasteiger partial charge < -0.3 is 9.88 Å². The maximum absolute atomic E-state index is 12.6. The molecule has 136 valence electrons. The van der Waals surface area contributed by atoms with Gasteiger partial charge in [0.25, 0.3) is 11.5 Å². The van der Waals surface area contributed by atoms with E-state index in [-0.39, 0.29) is 17.4 Å². The molecule has 3 aromatic rings. The summed E-state index contributed by atoms with van der Waals surface area (Å²) in [5.74, 6) is 0.416. The molecule has 0 saturated carbocycles. The molecule has 8 heteroatoms. The molecule has 1 unspecified atom stereocenters. The van der Waals surface area contributed by atoms with Crippen molar-refractivity contribution < 1.29 is 4.79 Å². The number of hydrogen-bond acceptors (Lipinski definition) is 6. The van der Waals surface area contributed by atoms with Crippen molar-refractivity contribution in [2.75, 3.05) is 13.1 Å². The molecule has 0 aromatic carbocycles. The molecular weight excluding hydrogens is 344 g/mol. The Morgan fingerprint density at radius 3 is 2.78 bits per heavy atom. The summed E-state index contributed by atoms with van der Waals surface area (Å²) in [5, 5.41) is 0. The molecule has 1 fully saturated rings. The number of H-pyrrole nitrogens is 1. The number of aryl methyl sites for hydroxylation is 1. The third-order valence-electron chi connectivity index (χ3n) is 4.60. The SMILES string of the molecule is Cc1cnc(C(=O)N2CCC(c3nc(-c4ccncc4)cc(=O)[nH]3)C2)cn1. The van der Waals surface area contributed by atoms with E-state index >= 15 is 0 Å². The second kappa shape index (κ2) is 7.06. The van der Waals surface area contributed by atoms with Crippen molar-refractivity contribution in [2.45, 2.75) is 19.3 Å². The summed E-state index contributed by atoms with van der Waals surface area (Å²) in [7, 11) is 0. The minimum absolute atomic E-state index is 0.0261. The van der Waals surface area contributed by atoms with E-state index in [0.717, 1.165) is 17.7 Å². The topological polar surface area (TPSA) is 105 Å². The molecule has 0 spiro atoms. The van der Waals surface area contributed by atoms with Crippen LogP contribution in [0.15, 0.2) is 47.8 Å². The number of nitrogens with one attached hydrogen (secondary N) is 1. The second-order valence-electron chi connectivity index (χ2n) is 6.53. The highest BCUT2D eigenvalue weighted by Gasteiger charge is 2.30. The molecule has 27 heavy (non-hydrogen) atoms. The zero-order valence-corrected chi connectivity index (χ0v) is 14.8. The van der Waals surface area contributed by atoms with Crippen LogP contribution in [0.5, 0.6) is 0 Å². The van der Waals surface area contributed by atoms with E-state index in [1.54, 1.807) is 23.5 Å². The summed E-state index contributed by atoms with van der Waals surface area (Å²) in [6.07, 6.45) is 7.13. The predicted molar refractivity (Wildman–Crippen MR) is 98.1 cm³/mol. The van der Waals surface area contributed by atoms with Crippen LogP contribution in [0, 0.1) is 6.92 Å². The molecule has 1 atom stereocenters. The van der Waals surface area contributed by atoms with Gasteiger partial charge in [-0.2, -0.15) is 0 Å². The minimum atomic E-state index is -0.207. The zero-order chi connectivity index (χ0) is 18.8. The van der Waals surface area contributed by atoms with Crippen molar-refractivity contribution >= 4 is 5.91 Å². The summed E-state index contributed by atoms with van der Waals surface area (Å²) >= 11 is 0. The van der Waals surface area contributed by atoms with E-state index in [1.165, 1.54) is 12.3 Å². The number of aromatic nitrogens is 5. The monoisotopic (exact) mass is 362 g/mol. The van der Waals surface area contributed by atoms with Crippen LogP contribution in [0.4, 0.5) is 0 Å². The number of aromatic amines is 1. The molecular formula is C19H18N6O2. The molecule has 4 heterocycles. The van der Waals surface area contributed by atoms with E-state index in [4.69, 9.17) is 0 Å². The van der Waals surface area contributed by atoms with E-state index < -0.39 is 0 Å². The van der Waals surface area contributed by atoms with Crippen molar-refractivity contribution in [3.05, 3.63) is 70.6 Å². The second-order valence-corrected chi connectivity index (χ2v) is 6.53. The fraction of sp³-hybridized carbons (Fsp3) is 0.263. The summed E-state index contributed by atoms with van der Waals surface area (Å²) in [6.45, 7) is 2.89. The summed E-state index contributed by atoms with van der Waals surface area (Å²) < 4.78 is 0. The first-order valence-corrected chi connectivity index (χ1v) is 8.70. The van der Waals surface area contributed by atoms with Crippen LogP contribution in [0.2, 0.25) is 0 Å². The van der Waals surface area contributed by atoms with Gasteiger partial charge in [-0.1, -0.05) is 0 Å². The lowest BCUT2D eigenvalue weighted by Crippen LogP contribution is -2.29. The molecule has 4 rings (SSSR count). The van der Waals surface area contributed by atoms with Crippen LogP contribution < -0.4 is 5.56 Å². The number of hydrogen-bond donors (Lipinski definition) is 1. The highest BCUT2D eigenvalue weighted by Crippen LogP contribution is 2.26. The largest absolute Gasteiger partial charge is 0.337 e. The van der Waals surface area contributed by atoms with Crippen molar-refractivity contribution in [2.24, 2.45) is 0 Å². The Labute approximate surface area is 155 Å². The Morgan fingerprint density at radius 1 is 1.22 bits per heavy atom. The molecule has 0 aliphatic carbocycles. The van der Waals surface area contributed by atoms with Gasteiger partial charge in [-0.05, 0) is 25.5 Å². The number of likely N-dealkylation sites (tertiary alicyclic amines) is 1. The Hall–Kier alpha value is -3.42. The fourth-order valence-electron chi connectivity index (χ4n) is 3.17. The Bertz CT molecular complexity index is 1020. The van der Waals surface area contributed by atoms with E-state index in [1.807, 2.05) is 19.1 Å². The first-order chi connectivity index (χ1) is 13.1. The quantitative estimate of drug-likeness (QED) is 0.758. The van der Waals surface area contributed by atoms with Gasteiger partial charge in [0.15, 0.2) is 0 Å². The number of carbonyl (C=O) groups excluding carboxylic acids is 1. The van der Waals surface area contributed by atoms with Crippen LogP contribution in [0.25, 0.3) is 11.3 Å². The van der Waals surface area contributed by atoms with Gasteiger partial charge in [0.2, 0.25) is 0 Å². The molecule has 1 aliphatic heterocycles. The minimum Gasteiger partial charge on any atom is -0.337 e. The normalized spacial score (nSPS) is 16.5. The molecule has 0 radical (unpaired) electrons. The van der Waals surface area contributed by atoms with E-state index in [0.29, 0.717) is 30.3 Å². The number of nitrogens with zero attached hydrogens (tertiary/aromatic N) is 5. The van der Waals surface area contributed by atoms with Crippen LogP contribution in [-0.2, 0) is 0 Å². The summed E-state index contributed by atoms with van der Waals surface area (Å²) in [4.78, 5) is 46.1. The van der Waals surface area contributed by atoms with Crippen LogP contribution in [0.1, 0.15) is 34.3 Å². The molecule has 3 aromatic heterocycles. The van der Waals surface area contributed by atoms with Gasteiger partial charge >= 0.3 is 0 Å². The van der Waals surface area contributed by atoms with Gasteiger partial charge in [0, 0.05) is 49.2 Å². The zero-order valence-electron chi connectivity index (χ0n) is 14.8. The first-order valence-electron chi connectivity index (χ1n) is 8.70. The van der Waals surface area contributed by atoms with Gasteiger partial charge in [0.05, 0.1) is 17.6 Å². The number of rotatable bonds is 3. The van der Waals surface area contributed by atoms with Crippen molar-refractivity contribution in [3.63, 3.8) is 0 Å². The van der Waals surface area contributed by atoms with Gasteiger partial charge in [0.1, 0.15) is 11.5 Å². The lowest BCUT2D eigenvalue weighted by molar-refractivity contribution is 0.0784. The number of pyridine rings is 1. The standard InChI is InChI=1S/C19H18N6O2/c1-12-9-22-16(10-21-12)19(27)25-7-4-14(11-25)18-23-15(8-17(26)24-18)13-2-5-20-6-3-13/h2-3,5-6,8-10,14H,4,7,11H2,1H3,(H,23,24,26). The number of carbonyl (C=O) groups is 1. The fourth-order valence-corrected chi connectivity index (χ4v) is 3.17. The average molecular weight is 362 g/mol. The highest BCUT2D eigenvalue weighted by atomic mass is 16.2. The van der Waals surface area contributed by atoms with Crippen LogP contribution in [-0.4, -0.2) is 48.8 Å². The average Bonchev–Trinajstić information content (AvgIpc) is 3.18. The third-order valence-corrected chi connectivity index (χ3v) is 4.60. The van der Waals surface area contributed by atoms with Crippen LogP contribution in [0.3, 0.4) is 0 Å². The third kappa shape index (κ3) is 3.59. The molecule has 8 nitrogen and oxygen atoms in total. The Balaban J connectivity index is 1.55. The molecule has 1 aliphatic rings. The maximum Gasteiger partial charge on any atom is 0.274 e. The highest BCUT2D eigenvalue weighted by molar-refractivity contribution is 5.92. The maximum atomic E-state index is 12.6. The summed E-state index contributed by atoms with van der Waals surface area (Å²) in [6, 6.07) is 5.09. The Morgan fingerprint density at radius 2 is 2.04 bits per heavy atom. The lowest BCUT2D eigenvalue weighted by atomic mass is 10.1. The van der Waals surface area contributed by atoms with Crippen molar-refractivity contribution in [3.8, 4) is 11.3 Å². The van der Waals surface area contributed by atoms with E-state index in [2.05, 4.69) is 24.9 Å². The van der Waals surface area contributed by atoms with Crippen molar-refractivity contribution in [1.82, 2.24) is 29.8 Å². The molecule has 0 bridgehead atoms. The van der Waals surface area contributed by atoms with Crippen LogP contribution >= 0.6 is 0 Å². The van der Waals surface area contributed by atoms with Gasteiger partial charge in [-0.3, -0.25) is 19.6 Å². The van der Waals surface area contributed by atoms with Crippen molar-refractivity contribution in [1.29, 1.82) is 0 Å². The first kappa shape index (κ1) is 17.0. The molecule has 1 amide bonds. The van der Waals surface area contributed by atoms with E-state index in [9.17, 15) is 9.59 Å². The number of amides is 1. The lowest BCUT2D eigenvalue weighted by Gasteiger charge is -2.16.